The third-order valence-corrected chi connectivity index (χ3v) is 3.35. The zero-order valence-corrected chi connectivity index (χ0v) is 12.5. The highest BCUT2D eigenvalue weighted by Crippen LogP contribution is 2.16. The fourth-order valence-corrected chi connectivity index (χ4v) is 2.18. The van der Waals surface area contributed by atoms with Crippen LogP contribution in [-0.4, -0.2) is 32.0 Å². The SMILES string of the molecule is O=C([O-])c1ccccc1C=Nn1c(-c2ccncc2)n[nH]c1=S. The van der Waals surface area contributed by atoms with Crippen LogP contribution in [-0.2, 0) is 0 Å². The van der Waals surface area contributed by atoms with Gasteiger partial charge in [0.25, 0.3) is 0 Å². The molecule has 0 spiro atoms. The lowest BCUT2D eigenvalue weighted by molar-refractivity contribution is -0.255. The Morgan fingerprint density at radius 3 is 2.74 bits per heavy atom. The number of aromatic nitrogens is 4. The predicted molar refractivity (Wildman–Crippen MR) is 84.4 cm³/mol. The Balaban J connectivity index is 2.04. The van der Waals surface area contributed by atoms with Crippen LogP contribution >= 0.6 is 12.2 Å². The molecule has 114 valence electrons. The van der Waals surface area contributed by atoms with E-state index in [9.17, 15) is 9.90 Å². The van der Waals surface area contributed by atoms with E-state index in [0.717, 1.165) is 5.56 Å². The van der Waals surface area contributed by atoms with Crippen molar-refractivity contribution in [3.05, 3.63) is 64.7 Å². The van der Waals surface area contributed by atoms with Crippen molar-refractivity contribution in [3.63, 3.8) is 0 Å². The first-order chi connectivity index (χ1) is 11.2. The van der Waals surface area contributed by atoms with E-state index in [1.165, 1.54) is 17.0 Å². The minimum Gasteiger partial charge on any atom is -0.545 e. The average molecular weight is 324 g/mol. The van der Waals surface area contributed by atoms with Crippen LogP contribution in [0.5, 0.6) is 0 Å². The lowest BCUT2D eigenvalue weighted by atomic mass is 10.1. The summed E-state index contributed by atoms with van der Waals surface area (Å²) in [6.45, 7) is 0. The van der Waals surface area contributed by atoms with Crippen LogP contribution in [0.2, 0.25) is 0 Å². The third kappa shape index (κ3) is 3.06. The molecule has 1 N–H and O–H groups in total. The molecule has 0 unspecified atom stereocenters. The highest BCUT2D eigenvalue weighted by atomic mass is 32.1. The van der Waals surface area contributed by atoms with Gasteiger partial charge in [0.1, 0.15) is 0 Å². The Hall–Kier alpha value is -3.13. The van der Waals surface area contributed by atoms with Gasteiger partial charge < -0.3 is 9.90 Å². The molecule has 0 fully saturated rings. The van der Waals surface area contributed by atoms with Crippen LogP contribution in [0.4, 0.5) is 0 Å². The van der Waals surface area contributed by atoms with Crippen molar-refractivity contribution in [1.82, 2.24) is 19.9 Å². The molecule has 0 saturated carbocycles. The summed E-state index contributed by atoms with van der Waals surface area (Å²) in [4.78, 5) is 15.1. The van der Waals surface area contributed by atoms with Crippen molar-refractivity contribution >= 4 is 24.4 Å². The van der Waals surface area contributed by atoms with E-state index in [-0.39, 0.29) is 5.56 Å². The molecule has 3 aromatic rings. The molecule has 23 heavy (non-hydrogen) atoms. The van der Waals surface area contributed by atoms with Gasteiger partial charge in [0.15, 0.2) is 5.82 Å². The zero-order chi connectivity index (χ0) is 16.2. The normalized spacial score (nSPS) is 11.0. The van der Waals surface area contributed by atoms with Gasteiger partial charge in [-0.25, -0.2) is 5.10 Å². The molecule has 0 aliphatic rings. The number of rotatable bonds is 4. The Kier molecular flexibility index (Phi) is 4.07. The number of nitrogens with one attached hydrogen (secondary N) is 1. The van der Waals surface area contributed by atoms with Gasteiger partial charge in [-0.05, 0) is 24.4 Å². The topological polar surface area (TPSA) is 99.0 Å². The number of H-pyrrole nitrogens is 1. The molecule has 2 heterocycles. The second kappa shape index (κ2) is 6.32. The van der Waals surface area contributed by atoms with E-state index in [1.807, 2.05) is 0 Å². The minimum absolute atomic E-state index is 0.0525. The number of hydrogen-bond donors (Lipinski definition) is 1. The fourth-order valence-electron chi connectivity index (χ4n) is 2.00. The minimum atomic E-state index is -1.27. The molecule has 0 amide bonds. The highest BCUT2D eigenvalue weighted by molar-refractivity contribution is 7.71. The number of carboxylic acids is 1. The van der Waals surface area contributed by atoms with Gasteiger partial charge in [-0.1, -0.05) is 24.3 Å². The molecule has 8 heteroatoms. The third-order valence-electron chi connectivity index (χ3n) is 3.08. The van der Waals surface area contributed by atoms with Crippen molar-refractivity contribution in [1.29, 1.82) is 0 Å². The van der Waals surface area contributed by atoms with Crippen molar-refractivity contribution in [2.75, 3.05) is 0 Å². The maximum absolute atomic E-state index is 11.1. The molecule has 2 aromatic heterocycles. The number of carboxylic acid groups (broad SMARTS) is 1. The Labute approximate surface area is 136 Å². The molecule has 0 aliphatic carbocycles. The summed E-state index contributed by atoms with van der Waals surface area (Å²) in [6.07, 6.45) is 4.67. The predicted octanol–water partition coefficient (Wildman–Crippen LogP) is 1.25. The smallest absolute Gasteiger partial charge is 0.216 e. The molecule has 0 radical (unpaired) electrons. The molecule has 0 aliphatic heterocycles. The van der Waals surface area contributed by atoms with Gasteiger partial charge in [-0.2, -0.15) is 14.9 Å². The number of carbonyl (C=O) groups is 1. The summed E-state index contributed by atoms with van der Waals surface area (Å²) in [6, 6.07) is 9.96. The lowest BCUT2D eigenvalue weighted by Gasteiger charge is -2.06. The summed E-state index contributed by atoms with van der Waals surface area (Å²) >= 11 is 5.16. The monoisotopic (exact) mass is 324 g/mol. The molecule has 7 nitrogen and oxygen atoms in total. The molecule has 1 aromatic carbocycles. The zero-order valence-electron chi connectivity index (χ0n) is 11.7. The van der Waals surface area contributed by atoms with E-state index in [2.05, 4.69) is 20.3 Å². The Morgan fingerprint density at radius 1 is 1.26 bits per heavy atom. The maximum Gasteiger partial charge on any atom is 0.216 e. The average Bonchev–Trinajstić information content (AvgIpc) is 2.94. The van der Waals surface area contributed by atoms with E-state index in [0.29, 0.717) is 16.2 Å². The largest absolute Gasteiger partial charge is 0.545 e. The Morgan fingerprint density at radius 2 is 2.00 bits per heavy atom. The molecule has 0 saturated heterocycles. The van der Waals surface area contributed by atoms with Crippen LogP contribution in [0.3, 0.4) is 0 Å². The standard InChI is InChI=1S/C15H11N5O2S/c21-14(22)12-4-2-1-3-11(12)9-17-20-13(18-19-15(20)23)10-5-7-16-8-6-10/h1-9H,(H,19,23)(H,21,22)/p-1. The number of carbonyl (C=O) groups excluding carboxylic acids is 1. The molecular formula is C15H10N5O2S-. The summed E-state index contributed by atoms with van der Waals surface area (Å²) in [5, 5.41) is 22.1. The number of aromatic amines is 1. The second-order valence-electron chi connectivity index (χ2n) is 4.52. The van der Waals surface area contributed by atoms with Gasteiger partial charge in [0.2, 0.25) is 4.77 Å². The number of nitrogens with zero attached hydrogens (tertiary/aromatic N) is 4. The van der Waals surface area contributed by atoms with Crippen molar-refractivity contribution in [2.24, 2.45) is 5.10 Å². The molecule has 0 atom stereocenters. The number of hydrogen-bond acceptors (Lipinski definition) is 6. The number of pyridine rings is 1. The van der Waals surface area contributed by atoms with Gasteiger partial charge in [-0.3, -0.25) is 4.98 Å². The van der Waals surface area contributed by atoms with Crippen LogP contribution in [0.1, 0.15) is 15.9 Å². The van der Waals surface area contributed by atoms with Gasteiger partial charge in [-0.15, -0.1) is 0 Å². The van der Waals surface area contributed by atoms with E-state index >= 15 is 0 Å². The summed E-state index contributed by atoms with van der Waals surface area (Å²) in [5.41, 5.74) is 1.24. The fraction of sp³-hybridized carbons (Fsp3) is 0. The van der Waals surface area contributed by atoms with E-state index < -0.39 is 5.97 Å². The van der Waals surface area contributed by atoms with Crippen molar-refractivity contribution in [2.45, 2.75) is 0 Å². The molecule has 0 bridgehead atoms. The maximum atomic E-state index is 11.1. The first-order valence-electron chi connectivity index (χ1n) is 6.59. The quantitative estimate of drug-likeness (QED) is 0.575. The first-order valence-corrected chi connectivity index (χ1v) is 7.00. The second-order valence-corrected chi connectivity index (χ2v) is 4.91. The van der Waals surface area contributed by atoms with E-state index in [4.69, 9.17) is 12.2 Å². The number of benzene rings is 1. The van der Waals surface area contributed by atoms with Crippen LogP contribution in [0, 0.1) is 4.77 Å². The molecular weight excluding hydrogens is 314 g/mol. The summed E-state index contributed by atoms with van der Waals surface area (Å²) in [5.74, 6) is -0.767. The Bertz CT molecular complexity index is 930. The molecule has 3 rings (SSSR count). The number of aromatic carboxylic acids is 1. The van der Waals surface area contributed by atoms with Gasteiger partial charge in [0, 0.05) is 29.1 Å². The summed E-state index contributed by atoms with van der Waals surface area (Å²) < 4.78 is 1.70. The lowest BCUT2D eigenvalue weighted by Crippen LogP contribution is -2.23. The van der Waals surface area contributed by atoms with Crippen LogP contribution < -0.4 is 5.11 Å². The van der Waals surface area contributed by atoms with Crippen molar-refractivity contribution in [3.8, 4) is 11.4 Å². The highest BCUT2D eigenvalue weighted by Gasteiger charge is 2.08. The first kappa shape index (κ1) is 14.8. The van der Waals surface area contributed by atoms with Gasteiger partial charge in [0.05, 0.1) is 12.2 Å². The van der Waals surface area contributed by atoms with Gasteiger partial charge >= 0.3 is 0 Å². The van der Waals surface area contributed by atoms with Crippen LogP contribution in [0.25, 0.3) is 11.4 Å². The van der Waals surface area contributed by atoms with E-state index in [1.54, 1.807) is 42.7 Å². The van der Waals surface area contributed by atoms with Crippen molar-refractivity contribution < 1.29 is 9.90 Å². The summed E-state index contributed by atoms with van der Waals surface area (Å²) in [7, 11) is 0. The van der Waals surface area contributed by atoms with Crippen LogP contribution in [0.15, 0.2) is 53.9 Å².